The van der Waals surface area contributed by atoms with Crippen LogP contribution in [0.5, 0.6) is 0 Å². The average molecular weight is 320 g/mol. The number of aromatic carboxylic acids is 1. The van der Waals surface area contributed by atoms with E-state index in [0.717, 1.165) is 6.42 Å². The predicted molar refractivity (Wildman–Crippen MR) is 77.8 cm³/mol. The Hall–Kier alpha value is -1.30. The van der Waals surface area contributed by atoms with E-state index in [1.807, 2.05) is 6.92 Å². The van der Waals surface area contributed by atoms with Crippen molar-refractivity contribution in [3.8, 4) is 0 Å². The van der Waals surface area contributed by atoms with Gasteiger partial charge in [-0.3, -0.25) is 4.79 Å². The molecule has 0 aromatic heterocycles. The summed E-state index contributed by atoms with van der Waals surface area (Å²) in [5.41, 5.74) is -0.214. The topological polar surface area (TPSA) is 75.6 Å². The monoisotopic (exact) mass is 319 g/mol. The fourth-order valence-electron chi connectivity index (χ4n) is 1.50. The van der Waals surface area contributed by atoms with Gasteiger partial charge in [0.05, 0.1) is 28.8 Å². The minimum Gasteiger partial charge on any atom is -0.478 e. The highest BCUT2D eigenvalue weighted by Gasteiger charge is 2.19. The number of carbonyl (C=O) groups excluding carboxylic acids is 1. The van der Waals surface area contributed by atoms with Crippen molar-refractivity contribution in [2.75, 3.05) is 18.5 Å². The Morgan fingerprint density at radius 2 is 1.90 bits per heavy atom. The number of hydrogen-bond donors (Lipinski definition) is 2. The fourth-order valence-corrected chi connectivity index (χ4v) is 1.94. The molecular weight excluding hydrogens is 305 g/mol. The molecule has 0 aliphatic heterocycles. The number of hydrogen-bond acceptors (Lipinski definition) is 3. The second-order valence-corrected chi connectivity index (χ2v) is 4.81. The maximum Gasteiger partial charge on any atom is 0.339 e. The summed E-state index contributed by atoms with van der Waals surface area (Å²) in [5.74, 6) is -1.64. The summed E-state index contributed by atoms with van der Waals surface area (Å²) in [5, 5.41) is 11.7. The lowest BCUT2D eigenvalue weighted by molar-refractivity contribution is -0.117. The Bertz CT molecular complexity index is 505. The van der Waals surface area contributed by atoms with Crippen LogP contribution in [0.15, 0.2) is 12.1 Å². The largest absolute Gasteiger partial charge is 0.478 e. The van der Waals surface area contributed by atoms with Crippen molar-refractivity contribution in [1.82, 2.24) is 0 Å². The molecule has 7 heteroatoms. The lowest BCUT2D eigenvalue weighted by Crippen LogP contribution is -2.17. The molecule has 0 atom stereocenters. The first kappa shape index (κ1) is 16.8. The quantitative estimate of drug-likeness (QED) is 0.755. The van der Waals surface area contributed by atoms with Gasteiger partial charge in [-0.05, 0) is 18.6 Å². The number of benzene rings is 1. The van der Waals surface area contributed by atoms with E-state index in [4.69, 9.17) is 33.0 Å². The number of carbonyl (C=O) groups is 2. The minimum absolute atomic E-state index is 0.00663. The first-order valence-electron chi connectivity index (χ1n) is 6.06. The second kappa shape index (κ2) is 8.09. The van der Waals surface area contributed by atoms with Gasteiger partial charge < -0.3 is 15.2 Å². The summed E-state index contributed by atoms with van der Waals surface area (Å²) in [7, 11) is 0. The van der Waals surface area contributed by atoms with Crippen molar-refractivity contribution in [3.63, 3.8) is 0 Å². The van der Waals surface area contributed by atoms with Crippen LogP contribution in [0.25, 0.3) is 0 Å². The Labute approximate surface area is 126 Å². The number of nitrogens with one attached hydrogen (secondary N) is 1. The Morgan fingerprint density at radius 3 is 2.50 bits per heavy atom. The third kappa shape index (κ3) is 4.67. The van der Waals surface area contributed by atoms with Crippen LogP contribution in [0.3, 0.4) is 0 Å². The molecule has 0 saturated heterocycles. The summed E-state index contributed by atoms with van der Waals surface area (Å²) in [6.07, 6.45) is 0.979. The van der Waals surface area contributed by atoms with E-state index in [1.54, 1.807) is 0 Å². The van der Waals surface area contributed by atoms with Gasteiger partial charge in [0.25, 0.3) is 0 Å². The molecule has 0 heterocycles. The molecule has 1 aromatic rings. The number of rotatable bonds is 7. The van der Waals surface area contributed by atoms with E-state index in [2.05, 4.69) is 5.32 Å². The van der Waals surface area contributed by atoms with E-state index < -0.39 is 5.97 Å². The van der Waals surface area contributed by atoms with E-state index in [0.29, 0.717) is 6.61 Å². The maximum atomic E-state index is 11.7. The highest BCUT2D eigenvalue weighted by Crippen LogP contribution is 2.31. The van der Waals surface area contributed by atoms with Crippen molar-refractivity contribution >= 4 is 40.8 Å². The average Bonchev–Trinajstić information content (AvgIpc) is 2.38. The maximum absolute atomic E-state index is 11.7. The zero-order valence-electron chi connectivity index (χ0n) is 10.9. The van der Waals surface area contributed by atoms with Crippen molar-refractivity contribution in [1.29, 1.82) is 0 Å². The van der Waals surface area contributed by atoms with Gasteiger partial charge in [0.1, 0.15) is 5.56 Å². The van der Waals surface area contributed by atoms with Gasteiger partial charge in [-0.1, -0.05) is 30.1 Å². The van der Waals surface area contributed by atoms with Crippen LogP contribution in [0.4, 0.5) is 5.69 Å². The molecule has 1 aromatic carbocycles. The predicted octanol–water partition coefficient (Wildman–Crippen LogP) is 3.45. The lowest BCUT2D eigenvalue weighted by Gasteiger charge is -2.11. The van der Waals surface area contributed by atoms with Crippen LogP contribution in [0.2, 0.25) is 10.0 Å². The molecule has 2 N–H and O–H groups in total. The molecular formula is C13H15Cl2NO4. The first-order chi connectivity index (χ1) is 9.47. The summed E-state index contributed by atoms with van der Waals surface area (Å²) >= 11 is 11.7. The number of anilines is 1. The lowest BCUT2D eigenvalue weighted by atomic mass is 10.1. The van der Waals surface area contributed by atoms with Crippen LogP contribution in [0.1, 0.15) is 30.1 Å². The van der Waals surface area contributed by atoms with Crippen molar-refractivity contribution in [3.05, 3.63) is 27.7 Å². The molecule has 1 amide bonds. The smallest absolute Gasteiger partial charge is 0.339 e. The summed E-state index contributed by atoms with van der Waals surface area (Å²) in [6.45, 7) is 2.80. The van der Waals surface area contributed by atoms with Crippen molar-refractivity contribution in [2.45, 2.75) is 19.8 Å². The highest BCUT2D eigenvalue weighted by molar-refractivity contribution is 6.38. The second-order valence-electron chi connectivity index (χ2n) is 3.99. The fraction of sp³-hybridized carbons (Fsp3) is 0.385. The van der Waals surface area contributed by atoms with Crippen LogP contribution in [0, 0.1) is 0 Å². The van der Waals surface area contributed by atoms with Gasteiger partial charge in [-0.15, -0.1) is 0 Å². The summed E-state index contributed by atoms with van der Waals surface area (Å²) < 4.78 is 5.19. The van der Waals surface area contributed by atoms with Crippen molar-refractivity contribution in [2.24, 2.45) is 0 Å². The first-order valence-corrected chi connectivity index (χ1v) is 6.81. The number of halogens is 2. The molecule has 0 aliphatic carbocycles. The standard InChI is InChI=1S/C13H15Cl2NO4/c1-2-6-20-7-5-10(17)16-12-9(15)4-3-8(14)11(12)13(18)19/h3-4H,2,5-7H2,1H3,(H,16,17)(H,18,19). The van der Waals surface area contributed by atoms with E-state index in [-0.39, 0.29) is 40.2 Å². The molecule has 0 bridgehead atoms. The van der Waals surface area contributed by atoms with Crippen LogP contribution in [-0.4, -0.2) is 30.2 Å². The Kier molecular flexibility index (Phi) is 6.78. The van der Waals surface area contributed by atoms with Crippen molar-refractivity contribution < 1.29 is 19.4 Å². The molecule has 0 saturated carbocycles. The normalized spacial score (nSPS) is 10.3. The number of amides is 1. The Morgan fingerprint density at radius 1 is 1.25 bits per heavy atom. The molecule has 0 spiro atoms. The molecule has 110 valence electrons. The number of carboxylic acid groups (broad SMARTS) is 1. The van der Waals surface area contributed by atoms with Gasteiger partial charge in [0.15, 0.2) is 0 Å². The molecule has 0 aliphatic rings. The third-order valence-corrected chi connectivity index (χ3v) is 3.03. The SMILES string of the molecule is CCCOCCC(=O)Nc1c(Cl)ccc(Cl)c1C(=O)O. The van der Waals surface area contributed by atoms with Gasteiger partial charge in [0, 0.05) is 6.61 Å². The van der Waals surface area contributed by atoms with Gasteiger partial charge in [-0.25, -0.2) is 4.79 Å². The van der Waals surface area contributed by atoms with Gasteiger partial charge in [-0.2, -0.15) is 0 Å². The molecule has 0 radical (unpaired) electrons. The van der Waals surface area contributed by atoms with E-state index in [1.165, 1.54) is 12.1 Å². The van der Waals surface area contributed by atoms with Crippen LogP contribution < -0.4 is 5.32 Å². The van der Waals surface area contributed by atoms with Crippen LogP contribution in [-0.2, 0) is 9.53 Å². The zero-order chi connectivity index (χ0) is 15.1. The number of carboxylic acids is 1. The van der Waals surface area contributed by atoms with Gasteiger partial charge in [0.2, 0.25) is 5.91 Å². The Balaban J connectivity index is 2.79. The molecule has 0 unspecified atom stereocenters. The minimum atomic E-state index is -1.25. The molecule has 1 rings (SSSR count). The molecule has 5 nitrogen and oxygen atoms in total. The summed E-state index contributed by atoms with van der Waals surface area (Å²) in [4.78, 5) is 22.9. The van der Waals surface area contributed by atoms with Crippen LogP contribution >= 0.6 is 23.2 Å². The van der Waals surface area contributed by atoms with Gasteiger partial charge >= 0.3 is 5.97 Å². The van der Waals surface area contributed by atoms with E-state index >= 15 is 0 Å². The highest BCUT2D eigenvalue weighted by atomic mass is 35.5. The van der Waals surface area contributed by atoms with E-state index in [9.17, 15) is 9.59 Å². The zero-order valence-corrected chi connectivity index (χ0v) is 12.4. The molecule has 0 fully saturated rings. The summed E-state index contributed by atoms with van der Waals surface area (Å²) in [6, 6.07) is 2.80. The molecule has 20 heavy (non-hydrogen) atoms. The third-order valence-electron chi connectivity index (χ3n) is 2.40. The number of ether oxygens (including phenoxy) is 1.